The van der Waals surface area contributed by atoms with Crippen LogP contribution in [0.5, 0.6) is 17.4 Å². The van der Waals surface area contributed by atoms with Crippen LogP contribution in [0.2, 0.25) is 0 Å². The molecule has 1 heterocycles. The average molecular weight is 569 g/mol. The van der Waals surface area contributed by atoms with E-state index in [1.54, 1.807) is 36.4 Å². The third-order valence-corrected chi connectivity index (χ3v) is 6.30. The van der Waals surface area contributed by atoms with Gasteiger partial charge in [-0.2, -0.15) is 4.98 Å². The van der Waals surface area contributed by atoms with E-state index in [9.17, 15) is 9.59 Å². The molecule has 0 aliphatic rings. The normalized spacial score (nSPS) is 10.7. The Hall–Kier alpha value is -4.96. The number of aryl methyl sites for hydroxylation is 2. The van der Waals surface area contributed by atoms with E-state index in [1.807, 2.05) is 70.1 Å². The van der Waals surface area contributed by atoms with Crippen LogP contribution in [0.3, 0.4) is 0 Å². The summed E-state index contributed by atoms with van der Waals surface area (Å²) in [6, 6.07) is 20.0. The fourth-order valence-corrected chi connectivity index (χ4v) is 4.13. The summed E-state index contributed by atoms with van der Waals surface area (Å²) in [6.45, 7) is 7.44. The second kappa shape index (κ2) is 14.1. The summed E-state index contributed by atoms with van der Waals surface area (Å²) >= 11 is 0. The van der Waals surface area contributed by atoms with Crippen molar-refractivity contribution in [1.29, 1.82) is 0 Å². The molecule has 0 spiro atoms. The van der Waals surface area contributed by atoms with E-state index in [2.05, 4.69) is 25.9 Å². The summed E-state index contributed by atoms with van der Waals surface area (Å²) in [4.78, 5) is 37.0. The van der Waals surface area contributed by atoms with Crippen molar-refractivity contribution in [3.8, 4) is 17.4 Å². The lowest BCUT2D eigenvalue weighted by molar-refractivity contribution is 0.0950. The van der Waals surface area contributed by atoms with Crippen LogP contribution in [0.15, 0.2) is 72.9 Å². The van der Waals surface area contributed by atoms with Gasteiger partial charge < -0.3 is 30.3 Å². The third-order valence-electron chi connectivity index (χ3n) is 6.30. The molecule has 10 heteroatoms. The first kappa shape index (κ1) is 30.0. The number of amides is 2. The smallest absolute Gasteiger partial charge is 0.262 e. The van der Waals surface area contributed by atoms with Crippen LogP contribution in [0.4, 0.5) is 17.3 Å². The molecule has 42 heavy (non-hydrogen) atoms. The molecule has 0 unspecified atom stereocenters. The number of likely N-dealkylation sites (N-methyl/N-ethyl adjacent to an activating group) is 1. The van der Waals surface area contributed by atoms with Gasteiger partial charge in [0.25, 0.3) is 11.8 Å². The third kappa shape index (κ3) is 7.82. The van der Waals surface area contributed by atoms with Gasteiger partial charge in [-0.1, -0.05) is 36.4 Å². The Morgan fingerprint density at radius 1 is 0.905 bits per heavy atom. The highest BCUT2D eigenvalue weighted by Crippen LogP contribution is 2.33. The van der Waals surface area contributed by atoms with Gasteiger partial charge in [0, 0.05) is 36.2 Å². The number of carbonyl (C=O) groups is 2. The molecule has 0 aliphatic heterocycles. The Kier molecular flexibility index (Phi) is 10.1. The van der Waals surface area contributed by atoms with Crippen molar-refractivity contribution in [1.82, 2.24) is 20.2 Å². The van der Waals surface area contributed by atoms with Crippen LogP contribution in [0, 0.1) is 13.8 Å². The predicted octanol–water partition coefficient (Wildman–Crippen LogP) is 5.57. The molecule has 4 aromatic rings. The van der Waals surface area contributed by atoms with Crippen molar-refractivity contribution in [3.63, 3.8) is 0 Å². The SMILES string of the molecule is CCOc1ccccc1Oc1nc(Nc2cccc(C(=O)NCCN(C)C)c2)ncc1C(=O)Nc1c(C)cccc1C. The van der Waals surface area contributed by atoms with Gasteiger partial charge in [-0.25, -0.2) is 4.98 Å². The lowest BCUT2D eigenvalue weighted by atomic mass is 10.1. The summed E-state index contributed by atoms with van der Waals surface area (Å²) in [5, 5.41) is 9.00. The van der Waals surface area contributed by atoms with Gasteiger partial charge in [-0.15, -0.1) is 0 Å². The molecule has 2 amide bonds. The van der Waals surface area contributed by atoms with Gasteiger partial charge in [-0.3, -0.25) is 9.59 Å². The molecule has 218 valence electrons. The Morgan fingerprint density at radius 2 is 1.62 bits per heavy atom. The maximum Gasteiger partial charge on any atom is 0.262 e. The van der Waals surface area contributed by atoms with Crippen LogP contribution in [0.1, 0.15) is 38.8 Å². The van der Waals surface area contributed by atoms with Gasteiger partial charge in [0.15, 0.2) is 11.5 Å². The Morgan fingerprint density at radius 3 is 2.33 bits per heavy atom. The van der Waals surface area contributed by atoms with Gasteiger partial charge in [0.2, 0.25) is 11.8 Å². The molecule has 0 saturated carbocycles. The van der Waals surface area contributed by atoms with Crippen molar-refractivity contribution >= 4 is 29.1 Å². The molecule has 0 bridgehead atoms. The summed E-state index contributed by atoms with van der Waals surface area (Å²) < 4.78 is 11.9. The van der Waals surface area contributed by atoms with E-state index in [4.69, 9.17) is 9.47 Å². The van der Waals surface area contributed by atoms with Gasteiger partial charge in [-0.05, 0) is 76.3 Å². The van der Waals surface area contributed by atoms with Gasteiger partial charge >= 0.3 is 0 Å². The fourth-order valence-electron chi connectivity index (χ4n) is 4.13. The number of hydrogen-bond acceptors (Lipinski definition) is 8. The number of benzene rings is 3. The van der Waals surface area contributed by atoms with Crippen molar-refractivity contribution in [2.75, 3.05) is 44.4 Å². The second-order valence-corrected chi connectivity index (χ2v) is 9.88. The number of ether oxygens (including phenoxy) is 2. The lowest BCUT2D eigenvalue weighted by Gasteiger charge is -2.16. The van der Waals surface area contributed by atoms with E-state index in [0.29, 0.717) is 41.6 Å². The number of nitrogens with one attached hydrogen (secondary N) is 3. The van der Waals surface area contributed by atoms with Crippen molar-refractivity contribution in [3.05, 3.63) is 95.2 Å². The summed E-state index contributed by atoms with van der Waals surface area (Å²) in [5.74, 6) is 0.549. The molecule has 1 aromatic heterocycles. The number of aromatic nitrogens is 2. The maximum atomic E-state index is 13.5. The number of anilines is 3. The highest BCUT2D eigenvalue weighted by atomic mass is 16.5. The maximum absolute atomic E-state index is 13.5. The number of carbonyl (C=O) groups excluding carboxylic acids is 2. The Balaban J connectivity index is 1.63. The molecular weight excluding hydrogens is 532 g/mol. The predicted molar refractivity (Wildman–Crippen MR) is 164 cm³/mol. The number of rotatable bonds is 12. The lowest BCUT2D eigenvalue weighted by Crippen LogP contribution is -2.31. The first-order valence-corrected chi connectivity index (χ1v) is 13.7. The molecule has 0 aliphatic carbocycles. The molecule has 0 atom stereocenters. The minimum Gasteiger partial charge on any atom is -0.490 e. The quantitative estimate of drug-likeness (QED) is 0.203. The van der Waals surface area contributed by atoms with Crippen LogP contribution in [-0.4, -0.2) is 60.5 Å². The number of para-hydroxylation sites is 3. The van der Waals surface area contributed by atoms with Crippen LogP contribution >= 0.6 is 0 Å². The molecule has 0 saturated heterocycles. The van der Waals surface area contributed by atoms with Crippen molar-refractivity contribution in [2.45, 2.75) is 20.8 Å². The van der Waals surface area contributed by atoms with Crippen molar-refractivity contribution < 1.29 is 19.1 Å². The standard InChI is InChI=1S/C32H36N6O4/c1-6-41-26-15-7-8-16-27(26)42-31-25(30(40)36-28-21(2)11-9-12-22(28)3)20-34-32(37-31)35-24-14-10-13-23(19-24)29(39)33-17-18-38(4)5/h7-16,19-20H,6,17-18H2,1-5H3,(H,33,39)(H,36,40)(H,34,35,37). The van der Waals surface area contributed by atoms with Gasteiger partial charge in [0.1, 0.15) is 5.56 Å². The molecule has 3 aromatic carbocycles. The van der Waals surface area contributed by atoms with Crippen LogP contribution < -0.4 is 25.4 Å². The highest BCUT2D eigenvalue weighted by Gasteiger charge is 2.20. The summed E-state index contributed by atoms with van der Waals surface area (Å²) in [7, 11) is 3.89. The minimum absolute atomic E-state index is 0.0426. The fraction of sp³-hybridized carbons (Fsp3) is 0.250. The minimum atomic E-state index is -0.417. The molecule has 3 N–H and O–H groups in total. The Labute approximate surface area is 246 Å². The zero-order valence-electron chi connectivity index (χ0n) is 24.5. The summed E-state index contributed by atoms with van der Waals surface area (Å²) in [5.41, 5.74) is 3.80. The first-order valence-electron chi connectivity index (χ1n) is 13.7. The molecule has 0 radical (unpaired) electrons. The second-order valence-electron chi connectivity index (χ2n) is 9.88. The van der Waals surface area contributed by atoms with Crippen molar-refractivity contribution in [2.24, 2.45) is 0 Å². The molecular formula is C32H36N6O4. The highest BCUT2D eigenvalue weighted by molar-refractivity contribution is 6.06. The zero-order chi connectivity index (χ0) is 30.1. The van der Waals surface area contributed by atoms with E-state index in [-0.39, 0.29) is 23.3 Å². The van der Waals surface area contributed by atoms with E-state index in [0.717, 1.165) is 17.7 Å². The largest absolute Gasteiger partial charge is 0.490 e. The average Bonchev–Trinajstić information content (AvgIpc) is 2.96. The summed E-state index contributed by atoms with van der Waals surface area (Å²) in [6.07, 6.45) is 1.41. The topological polar surface area (TPSA) is 118 Å². The number of nitrogens with zero attached hydrogens (tertiary/aromatic N) is 3. The number of hydrogen-bond donors (Lipinski definition) is 3. The zero-order valence-corrected chi connectivity index (χ0v) is 24.5. The van der Waals surface area contributed by atoms with E-state index < -0.39 is 5.91 Å². The first-order chi connectivity index (χ1) is 20.2. The van der Waals surface area contributed by atoms with Crippen LogP contribution in [0.25, 0.3) is 0 Å². The molecule has 4 rings (SSSR count). The monoisotopic (exact) mass is 568 g/mol. The Bertz CT molecular complexity index is 1540. The van der Waals surface area contributed by atoms with E-state index >= 15 is 0 Å². The van der Waals surface area contributed by atoms with E-state index in [1.165, 1.54) is 6.20 Å². The molecule has 10 nitrogen and oxygen atoms in total. The molecule has 0 fully saturated rings. The van der Waals surface area contributed by atoms with Gasteiger partial charge in [0.05, 0.1) is 6.61 Å². The van der Waals surface area contributed by atoms with Crippen LogP contribution in [-0.2, 0) is 0 Å².